The number of thiocarbonyl (C=S) groups is 1. The van der Waals surface area contributed by atoms with Crippen LogP contribution >= 0.6 is 12.2 Å². The highest BCUT2D eigenvalue weighted by Gasteiger charge is 2.34. The molecule has 1 aliphatic rings. The zero-order valence-corrected chi connectivity index (χ0v) is 10.3. The van der Waals surface area contributed by atoms with E-state index in [1.54, 1.807) is 11.8 Å². The van der Waals surface area contributed by atoms with Crippen LogP contribution in [-0.4, -0.2) is 40.8 Å². The van der Waals surface area contributed by atoms with Gasteiger partial charge >= 0.3 is 0 Å². The van der Waals surface area contributed by atoms with E-state index in [4.69, 9.17) is 18.0 Å². The molecule has 0 aromatic rings. The maximum absolute atomic E-state index is 12.0. The standard InChI is InChI=1S/C10H17N3O2S/c1-3-7-9(14)12-4-5-13(7)10(15)6(2)8(11)16/h6-7H,3-5H2,1-2H3,(H2,11,16)(H,12,14). The maximum atomic E-state index is 12.0. The third-order valence-corrected chi connectivity index (χ3v) is 3.15. The topological polar surface area (TPSA) is 75.4 Å². The lowest BCUT2D eigenvalue weighted by atomic mass is 10.1. The third kappa shape index (κ3) is 2.49. The summed E-state index contributed by atoms with van der Waals surface area (Å²) < 4.78 is 0. The minimum Gasteiger partial charge on any atom is -0.393 e. The zero-order valence-electron chi connectivity index (χ0n) is 9.53. The van der Waals surface area contributed by atoms with Crippen molar-refractivity contribution in [1.82, 2.24) is 10.2 Å². The second-order valence-electron chi connectivity index (χ2n) is 3.87. The highest BCUT2D eigenvalue weighted by atomic mass is 32.1. The van der Waals surface area contributed by atoms with Crippen LogP contribution in [0.1, 0.15) is 20.3 Å². The van der Waals surface area contributed by atoms with Crippen molar-refractivity contribution in [1.29, 1.82) is 0 Å². The normalized spacial score (nSPS) is 22.5. The van der Waals surface area contributed by atoms with Crippen LogP contribution in [0.3, 0.4) is 0 Å². The van der Waals surface area contributed by atoms with Crippen molar-refractivity contribution in [2.75, 3.05) is 13.1 Å². The fourth-order valence-corrected chi connectivity index (χ4v) is 1.86. The molecule has 2 unspecified atom stereocenters. The molecule has 1 saturated heterocycles. The number of nitrogens with zero attached hydrogens (tertiary/aromatic N) is 1. The predicted octanol–water partition coefficient (Wildman–Crippen LogP) is -0.354. The molecule has 0 aromatic heterocycles. The van der Waals surface area contributed by atoms with E-state index in [-0.39, 0.29) is 16.8 Å². The minimum atomic E-state index is -0.505. The molecule has 0 bridgehead atoms. The summed E-state index contributed by atoms with van der Waals surface area (Å²) in [4.78, 5) is 25.3. The van der Waals surface area contributed by atoms with Crippen molar-refractivity contribution < 1.29 is 9.59 Å². The van der Waals surface area contributed by atoms with E-state index in [1.807, 2.05) is 6.92 Å². The third-order valence-electron chi connectivity index (χ3n) is 2.80. The van der Waals surface area contributed by atoms with E-state index in [9.17, 15) is 9.59 Å². The average Bonchev–Trinajstić information content (AvgIpc) is 2.26. The smallest absolute Gasteiger partial charge is 0.242 e. The van der Waals surface area contributed by atoms with E-state index >= 15 is 0 Å². The van der Waals surface area contributed by atoms with E-state index < -0.39 is 12.0 Å². The number of nitrogens with one attached hydrogen (secondary N) is 1. The Balaban J connectivity index is 2.80. The van der Waals surface area contributed by atoms with Gasteiger partial charge < -0.3 is 16.0 Å². The van der Waals surface area contributed by atoms with Gasteiger partial charge in [-0.1, -0.05) is 19.1 Å². The largest absolute Gasteiger partial charge is 0.393 e. The Labute approximate surface area is 100 Å². The lowest BCUT2D eigenvalue weighted by Crippen LogP contribution is -2.58. The Morgan fingerprint density at radius 3 is 2.88 bits per heavy atom. The quantitative estimate of drug-likeness (QED) is 0.664. The maximum Gasteiger partial charge on any atom is 0.242 e. The number of rotatable bonds is 3. The minimum absolute atomic E-state index is 0.0998. The van der Waals surface area contributed by atoms with Crippen molar-refractivity contribution >= 4 is 29.0 Å². The van der Waals surface area contributed by atoms with Crippen molar-refractivity contribution in [3.63, 3.8) is 0 Å². The summed E-state index contributed by atoms with van der Waals surface area (Å²) in [5.41, 5.74) is 5.45. The molecule has 0 spiro atoms. The van der Waals surface area contributed by atoms with E-state index in [0.29, 0.717) is 19.5 Å². The van der Waals surface area contributed by atoms with Crippen molar-refractivity contribution in [2.24, 2.45) is 11.7 Å². The molecule has 1 aliphatic heterocycles. The van der Waals surface area contributed by atoms with Crippen molar-refractivity contribution in [3.05, 3.63) is 0 Å². The number of hydrogen-bond donors (Lipinski definition) is 2. The number of nitrogens with two attached hydrogens (primary N) is 1. The predicted molar refractivity (Wildman–Crippen MR) is 64.8 cm³/mol. The molecule has 2 atom stereocenters. The first kappa shape index (κ1) is 12.9. The first-order chi connectivity index (χ1) is 7.49. The van der Waals surface area contributed by atoms with Gasteiger partial charge in [0.15, 0.2) is 0 Å². The summed E-state index contributed by atoms with van der Waals surface area (Å²) in [6.07, 6.45) is 0.599. The monoisotopic (exact) mass is 243 g/mol. The van der Waals surface area contributed by atoms with E-state index in [2.05, 4.69) is 5.32 Å². The molecule has 2 amide bonds. The van der Waals surface area contributed by atoms with Crippen LogP contribution in [0.25, 0.3) is 0 Å². The summed E-state index contributed by atoms with van der Waals surface area (Å²) in [5.74, 6) is -0.763. The fraction of sp³-hybridized carbons (Fsp3) is 0.700. The summed E-state index contributed by atoms with van der Waals surface area (Å²) in [6.45, 7) is 4.56. The number of hydrogen-bond acceptors (Lipinski definition) is 3. The Morgan fingerprint density at radius 1 is 1.75 bits per heavy atom. The summed E-state index contributed by atoms with van der Waals surface area (Å²) >= 11 is 4.80. The van der Waals surface area contributed by atoms with Crippen LogP contribution in [0.4, 0.5) is 0 Å². The molecular weight excluding hydrogens is 226 g/mol. The van der Waals surface area contributed by atoms with Crippen LogP contribution < -0.4 is 11.1 Å². The fourth-order valence-electron chi connectivity index (χ4n) is 1.75. The van der Waals surface area contributed by atoms with Gasteiger partial charge in [0, 0.05) is 13.1 Å². The SMILES string of the molecule is CCC1C(=O)NCCN1C(=O)C(C)C(N)=S. The van der Waals surface area contributed by atoms with Gasteiger partial charge in [-0.15, -0.1) is 0 Å². The van der Waals surface area contributed by atoms with E-state index in [0.717, 1.165) is 0 Å². The first-order valence-electron chi connectivity index (χ1n) is 5.36. The molecule has 90 valence electrons. The molecule has 3 N–H and O–H groups in total. The van der Waals surface area contributed by atoms with Gasteiger partial charge in [0.2, 0.25) is 11.8 Å². The zero-order chi connectivity index (χ0) is 12.3. The lowest BCUT2D eigenvalue weighted by molar-refractivity contribution is -0.144. The van der Waals surface area contributed by atoms with Crippen LogP contribution in [0.15, 0.2) is 0 Å². The van der Waals surface area contributed by atoms with Crippen LogP contribution in [0, 0.1) is 5.92 Å². The number of piperazine rings is 1. The molecule has 0 aromatic carbocycles. The Morgan fingerprint density at radius 2 is 2.38 bits per heavy atom. The molecule has 0 saturated carbocycles. The Kier molecular flexibility index (Phi) is 4.23. The van der Waals surface area contributed by atoms with Gasteiger partial charge in [0.1, 0.15) is 6.04 Å². The average molecular weight is 243 g/mol. The van der Waals surface area contributed by atoms with Gasteiger partial charge in [-0.05, 0) is 13.3 Å². The lowest BCUT2D eigenvalue weighted by Gasteiger charge is -2.35. The Bertz CT molecular complexity index is 319. The summed E-state index contributed by atoms with van der Waals surface area (Å²) in [5, 5.41) is 2.74. The number of carbonyl (C=O) groups is 2. The van der Waals surface area contributed by atoms with Gasteiger partial charge in [0.05, 0.1) is 10.9 Å². The second-order valence-corrected chi connectivity index (χ2v) is 4.34. The second kappa shape index (κ2) is 5.25. The van der Waals surface area contributed by atoms with E-state index in [1.165, 1.54) is 0 Å². The molecule has 1 heterocycles. The van der Waals surface area contributed by atoms with Gasteiger partial charge in [0.25, 0.3) is 0 Å². The highest BCUT2D eigenvalue weighted by molar-refractivity contribution is 7.80. The molecule has 0 aliphatic carbocycles. The summed E-state index contributed by atoms with van der Waals surface area (Å²) in [6, 6.07) is -0.391. The number of carbonyl (C=O) groups excluding carboxylic acids is 2. The molecule has 16 heavy (non-hydrogen) atoms. The van der Waals surface area contributed by atoms with Crippen LogP contribution in [-0.2, 0) is 9.59 Å². The van der Waals surface area contributed by atoms with Gasteiger partial charge in [-0.2, -0.15) is 0 Å². The Hall–Kier alpha value is -1.17. The van der Waals surface area contributed by atoms with Crippen LogP contribution in [0.5, 0.6) is 0 Å². The first-order valence-corrected chi connectivity index (χ1v) is 5.77. The molecule has 5 nitrogen and oxygen atoms in total. The molecular formula is C10H17N3O2S. The molecule has 6 heteroatoms. The van der Waals surface area contributed by atoms with Crippen LogP contribution in [0.2, 0.25) is 0 Å². The van der Waals surface area contributed by atoms with Gasteiger partial charge in [-0.25, -0.2) is 0 Å². The van der Waals surface area contributed by atoms with Gasteiger partial charge in [-0.3, -0.25) is 9.59 Å². The van der Waals surface area contributed by atoms with Crippen molar-refractivity contribution in [2.45, 2.75) is 26.3 Å². The molecule has 0 radical (unpaired) electrons. The summed E-state index contributed by atoms with van der Waals surface area (Å²) in [7, 11) is 0. The molecule has 1 fully saturated rings. The van der Waals surface area contributed by atoms with Crippen molar-refractivity contribution in [3.8, 4) is 0 Å². The molecule has 1 rings (SSSR count). The highest BCUT2D eigenvalue weighted by Crippen LogP contribution is 2.13. The number of amides is 2.